The first-order chi connectivity index (χ1) is 9.13. The Labute approximate surface area is 120 Å². The van der Waals surface area contributed by atoms with Crippen LogP contribution >= 0.6 is 22.9 Å². The number of nitrogens with zero attached hydrogens (tertiary/aromatic N) is 1. The number of aliphatic carboxylic acids is 1. The fourth-order valence-electron chi connectivity index (χ4n) is 1.56. The van der Waals surface area contributed by atoms with Crippen LogP contribution in [0, 0.1) is 0 Å². The monoisotopic (exact) mass is 296 g/mol. The summed E-state index contributed by atoms with van der Waals surface area (Å²) >= 11 is 7.38. The Bertz CT molecular complexity index is 571. The van der Waals surface area contributed by atoms with Crippen molar-refractivity contribution in [1.82, 2.24) is 4.98 Å². The number of thiazole rings is 1. The van der Waals surface area contributed by atoms with E-state index in [4.69, 9.17) is 16.7 Å². The maximum absolute atomic E-state index is 10.5. The summed E-state index contributed by atoms with van der Waals surface area (Å²) in [4.78, 5) is 14.8. The van der Waals surface area contributed by atoms with Gasteiger partial charge in [-0.15, -0.1) is 11.3 Å². The van der Waals surface area contributed by atoms with Gasteiger partial charge in [0.05, 0.1) is 12.1 Å². The number of halogens is 1. The van der Waals surface area contributed by atoms with E-state index < -0.39 is 5.97 Å². The molecule has 0 aliphatic heterocycles. The van der Waals surface area contributed by atoms with Crippen molar-refractivity contribution < 1.29 is 9.90 Å². The molecule has 0 radical (unpaired) electrons. The maximum atomic E-state index is 10.5. The molecule has 1 aromatic carbocycles. The van der Waals surface area contributed by atoms with Crippen molar-refractivity contribution in [3.8, 4) is 0 Å². The Balaban J connectivity index is 1.88. The van der Waals surface area contributed by atoms with Gasteiger partial charge in [-0.2, -0.15) is 0 Å². The van der Waals surface area contributed by atoms with Gasteiger partial charge in [0.2, 0.25) is 0 Å². The van der Waals surface area contributed by atoms with E-state index in [1.807, 2.05) is 29.6 Å². The number of carbonyl (C=O) groups is 1. The Hall–Kier alpha value is -1.59. The number of benzene rings is 1. The van der Waals surface area contributed by atoms with Crippen LogP contribution in [0.4, 0.5) is 5.13 Å². The van der Waals surface area contributed by atoms with E-state index in [2.05, 4.69) is 10.3 Å². The van der Waals surface area contributed by atoms with E-state index in [-0.39, 0.29) is 6.42 Å². The third kappa shape index (κ3) is 4.54. The largest absolute Gasteiger partial charge is 0.481 e. The van der Waals surface area contributed by atoms with Gasteiger partial charge in [-0.25, -0.2) is 4.98 Å². The highest BCUT2D eigenvalue weighted by molar-refractivity contribution is 7.13. The summed E-state index contributed by atoms with van der Waals surface area (Å²) in [7, 11) is 0. The minimum Gasteiger partial charge on any atom is -0.481 e. The molecule has 0 aliphatic rings. The zero-order valence-electron chi connectivity index (χ0n) is 10.1. The van der Waals surface area contributed by atoms with E-state index in [1.54, 1.807) is 0 Å². The second-order valence-electron chi connectivity index (χ2n) is 4.02. The number of hydrogen-bond donors (Lipinski definition) is 2. The summed E-state index contributed by atoms with van der Waals surface area (Å²) in [6.07, 6.45) is 0.572. The van der Waals surface area contributed by atoms with Crippen LogP contribution in [0.15, 0.2) is 29.6 Å². The molecule has 6 heteroatoms. The molecular weight excluding hydrogens is 284 g/mol. The number of rotatable bonds is 6. The fourth-order valence-corrected chi connectivity index (χ4v) is 2.52. The molecule has 19 heavy (non-hydrogen) atoms. The minimum atomic E-state index is -0.804. The van der Waals surface area contributed by atoms with Gasteiger partial charge in [0.1, 0.15) is 0 Å². The van der Waals surface area contributed by atoms with E-state index in [0.717, 1.165) is 16.4 Å². The third-order valence-corrected chi connectivity index (χ3v) is 3.56. The molecule has 2 rings (SSSR count). The Kier molecular flexibility index (Phi) is 4.76. The number of hydrogen-bond acceptors (Lipinski definition) is 4. The standard InChI is InChI=1S/C13H13ClN2O2S/c14-10-3-1-2-9(6-10)7-15-13-16-11(8-19-13)4-5-12(17)18/h1-3,6,8H,4-5,7H2,(H,15,16)(H,17,18). The van der Waals surface area contributed by atoms with Crippen LogP contribution in [-0.2, 0) is 17.8 Å². The van der Waals surface area contributed by atoms with E-state index in [1.165, 1.54) is 11.3 Å². The third-order valence-electron chi connectivity index (χ3n) is 2.48. The van der Waals surface area contributed by atoms with Crippen molar-refractivity contribution in [1.29, 1.82) is 0 Å². The van der Waals surface area contributed by atoms with E-state index in [0.29, 0.717) is 18.0 Å². The van der Waals surface area contributed by atoms with Crippen molar-refractivity contribution in [2.75, 3.05) is 5.32 Å². The van der Waals surface area contributed by atoms with Crippen LogP contribution in [0.2, 0.25) is 5.02 Å². The van der Waals surface area contributed by atoms with Crippen molar-refractivity contribution in [3.05, 3.63) is 45.9 Å². The zero-order chi connectivity index (χ0) is 13.7. The average Bonchev–Trinajstić information content (AvgIpc) is 2.82. The molecule has 0 unspecified atom stereocenters. The van der Waals surface area contributed by atoms with Crippen molar-refractivity contribution in [2.24, 2.45) is 0 Å². The minimum absolute atomic E-state index is 0.109. The first-order valence-corrected chi connectivity index (χ1v) is 7.04. The van der Waals surface area contributed by atoms with Crippen LogP contribution in [0.3, 0.4) is 0 Å². The Morgan fingerprint density at radius 1 is 1.47 bits per heavy atom. The smallest absolute Gasteiger partial charge is 0.303 e. The average molecular weight is 297 g/mol. The molecule has 0 aliphatic carbocycles. The molecule has 2 N–H and O–H groups in total. The first kappa shape index (κ1) is 13.8. The molecule has 100 valence electrons. The summed E-state index contributed by atoms with van der Waals surface area (Å²) in [5.74, 6) is -0.804. The molecule has 0 atom stereocenters. The SMILES string of the molecule is O=C(O)CCc1csc(NCc2cccc(Cl)c2)n1. The summed E-state index contributed by atoms with van der Waals surface area (Å²) in [6.45, 7) is 0.645. The molecule has 0 amide bonds. The summed E-state index contributed by atoms with van der Waals surface area (Å²) in [5, 5.41) is 15.2. The van der Waals surface area contributed by atoms with Gasteiger partial charge in [-0.1, -0.05) is 23.7 Å². The highest BCUT2D eigenvalue weighted by Crippen LogP contribution is 2.18. The normalized spacial score (nSPS) is 10.4. The van der Waals surface area contributed by atoms with Gasteiger partial charge < -0.3 is 10.4 Å². The fraction of sp³-hybridized carbons (Fsp3) is 0.231. The lowest BCUT2D eigenvalue weighted by Gasteiger charge is -2.03. The summed E-state index contributed by atoms with van der Waals surface area (Å²) in [5.41, 5.74) is 1.88. The van der Waals surface area contributed by atoms with Gasteiger partial charge in [-0.3, -0.25) is 4.79 Å². The molecular formula is C13H13ClN2O2S. The van der Waals surface area contributed by atoms with Gasteiger partial charge in [0.25, 0.3) is 0 Å². The number of aromatic nitrogens is 1. The van der Waals surface area contributed by atoms with Crippen LogP contribution in [0.25, 0.3) is 0 Å². The molecule has 0 spiro atoms. The van der Waals surface area contributed by atoms with Crippen LogP contribution in [-0.4, -0.2) is 16.1 Å². The highest BCUT2D eigenvalue weighted by atomic mass is 35.5. The molecule has 0 saturated carbocycles. The number of aryl methyl sites for hydroxylation is 1. The molecule has 0 fully saturated rings. The van der Waals surface area contributed by atoms with Crippen molar-refractivity contribution >= 4 is 34.0 Å². The molecule has 1 aromatic heterocycles. The van der Waals surface area contributed by atoms with Gasteiger partial charge in [0, 0.05) is 23.4 Å². The second-order valence-corrected chi connectivity index (χ2v) is 5.32. The second kappa shape index (κ2) is 6.54. The predicted octanol–water partition coefficient (Wildman–Crippen LogP) is 3.43. The topological polar surface area (TPSA) is 62.2 Å². The number of anilines is 1. The summed E-state index contributed by atoms with van der Waals surface area (Å²) in [6, 6.07) is 7.61. The Morgan fingerprint density at radius 2 is 2.32 bits per heavy atom. The maximum Gasteiger partial charge on any atom is 0.303 e. The molecule has 1 heterocycles. The van der Waals surface area contributed by atoms with E-state index >= 15 is 0 Å². The lowest BCUT2D eigenvalue weighted by atomic mass is 10.2. The van der Waals surface area contributed by atoms with Crippen molar-refractivity contribution in [3.63, 3.8) is 0 Å². The number of carboxylic acids is 1. The quantitative estimate of drug-likeness (QED) is 0.857. The van der Waals surface area contributed by atoms with Crippen LogP contribution in [0.1, 0.15) is 17.7 Å². The zero-order valence-corrected chi connectivity index (χ0v) is 11.7. The van der Waals surface area contributed by atoms with Gasteiger partial charge in [0.15, 0.2) is 5.13 Å². The van der Waals surface area contributed by atoms with Gasteiger partial charge >= 0.3 is 5.97 Å². The predicted molar refractivity (Wildman–Crippen MR) is 76.8 cm³/mol. The lowest BCUT2D eigenvalue weighted by Crippen LogP contribution is -2.00. The van der Waals surface area contributed by atoms with E-state index in [9.17, 15) is 4.79 Å². The number of carboxylic acid groups (broad SMARTS) is 1. The molecule has 2 aromatic rings. The first-order valence-electron chi connectivity index (χ1n) is 5.78. The van der Waals surface area contributed by atoms with Crippen LogP contribution in [0.5, 0.6) is 0 Å². The van der Waals surface area contributed by atoms with Gasteiger partial charge in [-0.05, 0) is 17.7 Å². The number of nitrogens with one attached hydrogen (secondary N) is 1. The lowest BCUT2D eigenvalue weighted by molar-refractivity contribution is -0.136. The molecule has 0 bridgehead atoms. The van der Waals surface area contributed by atoms with Crippen molar-refractivity contribution in [2.45, 2.75) is 19.4 Å². The summed E-state index contributed by atoms with van der Waals surface area (Å²) < 4.78 is 0. The molecule has 0 saturated heterocycles. The highest BCUT2D eigenvalue weighted by Gasteiger charge is 2.04. The Morgan fingerprint density at radius 3 is 3.05 bits per heavy atom. The molecule has 4 nitrogen and oxygen atoms in total. The van der Waals surface area contributed by atoms with Crippen LogP contribution < -0.4 is 5.32 Å².